The summed E-state index contributed by atoms with van der Waals surface area (Å²) in [6, 6.07) is 18.7. The number of hydrogen-bond donors (Lipinski definition) is 0. The van der Waals surface area contributed by atoms with Crippen molar-refractivity contribution in [2.75, 3.05) is 6.54 Å². The smallest absolute Gasteiger partial charge is 0.224 e. The van der Waals surface area contributed by atoms with E-state index in [4.69, 9.17) is 0 Å². The second kappa shape index (κ2) is 6.18. The number of carbonyl (C=O) groups is 1. The Balaban J connectivity index is 2.02. The van der Waals surface area contributed by atoms with Gasteiger partial charge in [0.2, 0.25) is 5.91 Å². The summed E-state index contributed by atoms with van der Waals surface area (Å²) in [4.78, 5) is 14.5. The van der Waals surface area contributed by atoms with Gasteiger partial charge in [0.1, 0.15) is 0 Å². The Morgan fingerprint density at radius 1 is 1.09 bits per heavy atom. The van der Waals surface area contributed by atoms with Gasteiger partial charge in [0, 0.05) is 18.9 Å². The van der Waals surface area contributed by atoms with Gasteiger partial charge in [0.25, 0.3) is 0 Å². The summed E-state index contributed by atoms with van der Waals surface area (Å²) in [5.74, 6) is 0.462. The molecule has 2 unspecified atom stereocenters. The van der Waals surface area contributed by atoms with Crippen molar-refractivity contribution in [2.24, 2.45) is 5.92 Å². The third-order valence-electron chi connectivity index (χ3n) is 4.34. The molecule has 2 heteroatoms. The molecule has 1 saturated heterocycles. The first-order valence-corrected chi connectivity index (χ1v) is 7.72. The molecule has 0 bridgehead atoms. The Hall–Kier alpha value is -2.35. The monoisotopic (exact) mass is 291 g/mol. The molecule has 2 aromatic carbocycles. The molecule has 1 heterocycles. The van der Waals surface area contributed by atoms with Crippen molar-refractivity contribution in [2.45, 2.75) is 19.4 Å². The fraction of sp³-hybridized carbons (Fsp3) is 0.250. The largest absolute Gasteiger partial charge is 0.331 e. The summed E-state index contributed by atoms with van der Waals surface area (Å²) < 4.78 is 0. The molecule has 2 nitrogen and oxygen atoms in total. The molecule has 3 rings (SSSR count). The molecule has 22 heavy (non-hydrogen) atoms. The highest BCUT2D eigenvalue weighted by Crippen LogP contribution is 2.34. The van der Waals surface area contributed by atoms with E-state index in [0.29, 0.717) is 6.42 Å². The number of likely N-dealkylation sites (tertiary alicyclic amines) is 1. The Bertz CT molecular complexity index is 660. The maximum atomic E-state index is 12.5. The fourth-order valence-corrected chi connectivity index (χ4v) is 3.10. The number of amides is 1. The fourth-order valence-electron chi connectivity index (χ4n) is 3.10. The molecule has 0 radical (unpaired) electrons. The van der Waals surface area contributed by atoms with E-state index in [2.05, 4.69) is 49.9 Å². The molecule has 1 fully saturated rings. The average Bonchev–Trinajstić information content (AvgIpc) is 2.92. The molecule has 1 aliphatic heterocycles. The van der Waals surface area contributed by atoms with Gasteiger partial charge in [-0.1, -0.05) is 66.2 Å². The standard InChI is InChI=1S/C20H21NO/c1-3-16-13-19(22)21(14-16)20(17-7-5-4-6-8-17)18-11-9-15(2)10-12-18/h3-12,16,20H,1,13-14H2,2H3. The number of aryl methyl sites for hydroxylation is 1. The van der Waals surface area contributed by atoms with E-state index < -0.39 is 0 Å². The first-order chi connectivity index (χ1) is 10.7. The van der Waals surface area contributed by atoms with Crippen LogP contribution in [0, 0.1) is 12.8 Å². The van der Waals surface area contributed by atoms with Crippen molar-refractivity contribution in [1.29, 1.82) is 0 Å². The molecule has 0 aliphatic carbocycles. The SMILES string of the molecule is C=CC1CC(=O)N(C(c2ccccc2)c2ccc(C)cc2)C1. The van der Waals surface area contributed by atoms with Crippen molar-refractivity contribution in [1.82, 2.24) is 4.90 Å². The van der Waals surface area contributed by atoms with E-state index in [1.54, 1.807) is 0 Å². The van der Waals surface area contributed by atoms with Crippen LogP contribution in [-0.4, -0.2) is 17.4 Å². The highest BCUT2D eigenvalue weighted by molar-refractivity contribution is 5.80. The first kappa shape index (κ1) is 14.6. The zero-order valence-electron chi connectivity index (χ0n) is 12.9. The van der Waals surface area contributed by atoms with E-state index in [-0.39, 0.29) is 17.9 Å². The van der Waals surface area contributed by atoms with Gasteiger partial charge in [-0.2, -0.15) is 0 Å². The van der Waals surface area contributed by atoms with Crippen molar-refractivity contribution in [3.8, 4) is 0 Å². The van der Waals surface area contributed by atoms with Gasteiger partial charge in [-0.25, -0.2) is 0 Å². The second-order valence-corrected chi connectivity index (χ2v) is 5.97. The molecular formula is C20H21NO. The maximum Gasteiger partial charge on any atom is 0.224 e. The van der Waals surface area contributed by atoms with Crippen molar-refractivity contribution < 1.29 is 4.79 Å². The summed E-state index contributed by atoms with van der Waals surface area (Å²) >= 11 is 0. The summed E-state index contributed by atoms with van der Waals surface area (Å²) in [6.07, 6.45) is 2.47. The van der Waals surface area contributed by atoms with Crippen LogP contribution >= 0.6 is 0 Å². The van der Waals surface area contributed by atoms with Crippen LogP contribution in [0.5, 0.6) is 0 Å². The topological polar surface area (TPSA) is 20.3 Å². The quantitative estimate of drug-likeness (QED) is 0.776. The second-order valence-electron chi connectivity index (χ2n) is 5.97. The van der Waals surface area contributed by atoms with Crippen LogP contribution in [0.15, 0.2) is 67.3 Å². The zero-order valence-corrected chi connectivity index (χ0v) is 12.9. The number of benzene rings is 2. The van der Waals surface area contributed by atoms with Crippen LogP contribution in [0.1, 0.15) is 29.2 Å². The minimum absolute atomic E-state index is 0.0146. The number of nitrogens with zero attached hydrogens (tertiary/aromatic N) is 1. The molecule has 2 aromatic rings. The first-order valence-electron chi connectivity index (χ1n) is 7.72. The third-order valence-corrected chi connectivity index (χ3v) is 4.34. The third kappa shape index (κ3) is 2.82. The van der Waals surface area contributed by atoms with Crippen LogP contribution in [0.25, 0.3) is 0 Å². The van der Waals surface area contributed by atoms with Crippen LogP contribution in [0.2, 0.25) is 0 Å². The van der Waals surface area contributed by atoms with Gasteiger partial charge in [0.15, 0.2) is 0 Å². The van der Waals surface area contributed by atoms with Gasteiger partial charge < -0.3 is 4.90 Å². The molecule has 1 aliphatic rings. The van der Waals surface area contributed by atoms with Crippen LogP contribution in [0.3, 0.4) is 0 Å². The highest BCUT2D eigenvalue weighted by Gasteiger charge is 2.34. The maximum absolute atomic E-state index is 12.5. The summed E-state index contributed by atoms with van der Waals surface area (Å²) in [7, 11) is 0. The molecule has 0 aromatic heterocycles. The Kier molecular flexibility index (Phi) is 4.10. The van der Waals surface area contributed by atoms with Gasteiger partial charge in [-0.15, -0.1) is 6.58 Å². The minimum Gasteiger partial charge on any atom is -0.331 e. The van der Waals surface area contributed by atoms with Crippen LogP contribution in [-0.2, 0) is 4.79 Å². The van der Waals surface area contributed by atoms with Crippen molar-refractivity contribution in [3.05, 3.63) is 83.9 Å². The molecular weight excluding hydrogens is 270 g/mol. The van der Waals surface area contributed by atoms with Crippen molar-refractivity contribution in [3.63, 3.8) is 0 Å². The Labute approximate surface area is 132 Å². The lowest BCUT2D eigenvalue weighted by atomic mass is 9.96. The number of carbonyl (C=O) groups excluding carboxylic acids is 1. The molecule has 1 amide bonds. The molecule has 2 atom stereocenters. The molecule has 0 spiro atoms. The van der Waals surface area contributed by atoms with Crippen LogP contribution in [0.4, 0.5) is 0 Å². The van der Waals surface area contributed by atoms with Gasteiger partial charge >= 0.3 is 0 Å². The molecule has 112 valence electrons. The minimum atomic E-state index is -0.0146. The lowest BCUT2D eigenvalue weighted by Gasteiger charge is -2.29. The highest BCUT2D eigenvalue weighted by atomic mass is 16.2. The van der Waals surface area contributed by atoms with E-state index in [9.17, 15) is 4.79 Å². The lowest BCUT2D eigenvalue weighted by molar-refractivity contribution is -0.129. The molecule has 0 saturated carbocycles. The Morgan fingerprint density at radius 2 is 1.73 bits per heavy atom. The van der Waals surface area contributed by atoms with E-state index in [0.717, 1.165) is 17.7 Å². The summed E-state index contributed by atoms with van der Waals surface area (Å²) in [5, 5.41) is 0. The van der Waals surface area contributed by atoms with Gasteiger partial charge in [0.05, 0.1) is 6.04 Å². The van der Waals surface area contributed by atoms with E-state index >= 15 is 0 Å². The Morgan fingerprint density at radius 3 is 2.32 bits per heavy atom. The van der Waals surface area contributed by atoms with Gasteiger partial charge in [-0.05, 0) is 18.1 Å². The predicted molar refractivity (Wildman–Crippen MR) is 89.5 cm³/mol. The summed E-state index contributed by atoms with van der Waals surface area (Å²) in [6.45, 7) is 6.67. The van der Waals surface area contributed by atoms with Crippen molar-refractivity contribution >= 4 is 5.91 Å². The predicted octanol–water partition coefficient (Wildman–Crippen LogP) is 4.12. The van der Waals surface area contributed by atoms with Crippen LogP contribution < -0.4 is 0 Å². The number of rotatable bonds is 4. The summed E-state index contributed by atoms with van der Waals surface area (Å²) in [5.41, 5.74) is 3.55. The van der Waals surface area contributed by atoms with E-state index in [1.165, 1.54) is 5.56 Å². The molecule has 0 N–H and O–H groups in total. The van der Waals surface area contributed by atoms with E-state index in [1.807, 2.05) is 29.2 Å². The average molecular weight is 291 g/mol. The normalized spacial score (nSPS) is 19.2. The number of hydrogen-bond acceptors (Lipinski definition) is 1. The zero-order chi connectivity index (χ0) is 15.5. The lowest BCUT2D eigenvalue weighted by Crippen LogP contribution is -2.31. The van der Waals surface area contributed by atoms with Gasteiger partial charge in [-0.3, -0.25) is 4.79 Å².